The number of hydrogen-bond acceptors (Lipinski definition) is 4. The number of carbonyl (C=O) groups excluding carboxylic acids is 1. The molecule has 0 spiro atoms. The van der Waals surface area contributed by atoms with Crippen LogP contribution in [-0.4, -0.2) is 53.5 Å². The summed E-state index contributed by atoms with van der Waals surface area (Å²) in [6, 6.07) is 20.4. The van der Waals surface area contributed by atoms with Crippen molar-refractivity contribution in [1.29, 1.82) is 0 Å². The molecule has 3 heterocycles. The summed E-state index contributed by atoms with van der Waals surface area (Å²) in [5.74, 6) is 0.122. The second-order valence-corrected chi connectivity index (χ2v) is 7.71. The van der Waals surface area contributed by atoms with E-state index in [0.717, 1.165) is 60.3 Å². The topological polar surface area (TPSA) is 45.7 Å². The SMILES string of the molecule is O=C1c2ccccc2C(N2CCCOCC2)N1CCc1ccc2ccccc2n1. The molecule has 1 fully saturated rings. The van der Waals surface area contributed by atoms with Gasteiger partial charge in [0.15, 0.2) is 0 Å². The third-order valence-corrected chi connectivity index (χ3v) is 5.89. The van der Waals surface area contributed by atoms with Crippen molar-refractivity contribution in [3.8, 4) is 0 Å². The number of hydrogen-bond donors (Lipinski definition) is 0. The molecule has 0 saturated carbocycles. The van der Waals surface area contributed by atoms with Gasteiger partial charge in [0.25, 0.3) is 5.91 Å². The Morgan fingerprint density at radius 3 is 2.79 bits per heavy atom. The van der Waals surface area contributed by atoms with Gasteiger partial charge in [0.1, 0.15) is 6.17 Å². The van der Waals surface area contributed by atoms with Gasteiger partial charge in [-0.3, -0.25) is 14.7 Å². The van der Waals surface area contributed by atoms with Crippen molar-refractivity contribution in [3.05, 3.63) is 77.5 Å². The Hall–Kier alpha value is -2.76. The fourth-order valence-electron chi connectivity index (χ4n) is 4.46. The van der Waals surface area contributed by atoms with Gasteiger partial charge < -0.3 is 9.64 Å². The number of nitrogens with zero attached hydrogens (tertiary/aromatic N) is 3. The van der Waals surface area contributed by atoms with Crippen molar-refractivity contribution in [2.75, 3.05) is 32.8 Å². The van der Waals surface area contributed by atoms with Gasteiger partial charge in [0.2, 0.25) is 0 Å². The molecule has 0 radical (unpaired) electrons. The fraction of sp³-hybridized carbons (Fsp3) is 0.333. The lowest BCUT2D eigenvalue weighted by atomic mass is 10.1. The molecule has 2 aliphatic heterocycles. The number of carbonyl (C=O) groups is 1. The second-order valence-electron chi connectivity index (χ2n) is 7.71. The number of rotatable bonds is 4. The number of aromatic nitrogens is 1. The lowest BCUT2D eigenvalue weighted by Gasteiger charge is -2.34. The number of pyridine rings is 1. The summed E-state index contributed by atoms with van der Waals surface area (Å²) in [6.45, 7) is 3.95. The number of benzene rings is 2. The number of amides is 1. The molecule has 1 aromatic heterocycles. The van der Waals surface area contributed by atoms with Crippen molar-refractivity contribution in [2.45, 2.75) is 19.0 Å². The van der Waals surface area contributed by atoms with Crippen LogP contribution in [0, 0.1) is 0 Å². The Kier molecular flexibility index (Phi) is 5.00. The summed E-state index contributed by atoms with van der Waals surface area (Å²) < 4.78 is 5.65. The summed E-state index contributed by atoms with van der Waals surface area (Å²) in [5, 5.41) is 1.14. The standard InChI is InChI=1S/C24H25N3O2/c28-24-21-8-3-2-7-20(21)23(26-13-5-16-29-17-15-26)27(24)14-12-19-11-10-18-6-1-4-9-22(18)25-19/h1-4,6-11,23H,5,12-17H2. The highest BCUT2D eigenvalue weighted by molar-refractivity contribution is 5.99. The van der Waals surface area contributed by atoms with Crippen LogP contribution in [0.5, 0.6) is 0 Å². The van der Waals surface area contributed by atoms with Crippen LogP contribution in [0.4, 0.5) is 0 Å². The summed E-state index contributed by atoms with van der Waals surface area (Å²) in [6.07, 6.45) is 1.72. The predicted octanol–water partition coefficient (Wildman–Crippen LogP) is 3.65. The van der Waals surface area contributed by atoms with Crippen molar-refractivity contribution < 1.29 is 9.53 Å². The van der Waals surface area contributed by atoms with E-state index in [9.17, 15) is 4.79 Å². The van der Waals surface area contributed by atoms with E-state index in [2.05, 4.69) is 29.2 Å². The number of ether oxygens (including phenoxy) is 1. The van der Waals surface area contributed by atoms with Crippen LogP contribution in [0.1, 0.15) is 34.2 Å². The molecule has 2 aliphatic rings. The Bertz CT molecular complexity index is 1030. The molecule has 0 aliphatic carbocycles. The zero-order valence-electron chi connectivity index (χ0n) is 16.5. The molecule has 29 heavy (non-hydrogen) atoms. The van der Waals surface area contributed by atoms with Gasteiger partial charge in [0, 0.05) is 54.9 Å². The molecule has 2 aromatic carbocycles. The monoisotopic (exact) mass is 387 g/mol. The normalized spacial score (nSPS) is 20.1. The van der Waals surface area contributed by atoms with E-state index in [1.54, 1.807) is 0 Å². The van der Waals surface area contributed by atoms with Gasteiger partial charge in [-0.05, 0) is 24.6 Å². The van der Waals surface area contributed by atoms with Gasteiger partial charge >= 0.3 is 0 Å². The van der Waals surface area contributed by atoms with E-state index in [1.807, 2.05) is 41.3 Å². The van der Waals surface area contributed by atoms with E-state index in [0.29, 0.717) is 13.2 Å². The third kappa shape index (κ3) is 3.52. The lowest BCUT2D eigenvalue weighted by Crippen LogP contribution is -2.42. The van der Waals surface area contributed by atoms with Crippen molar-refractivity contribution in [2.24, 2.45) is 0 Å². The zero-order valence-corrected chi connectivity index (χ0v) is 16.5. The second kappa shape index (κ2) is 7.93. The first kappa shape index (κ1) is 18.3. The maximum absolute atomic E-state index is 13.2. The summed E-state index contributed by atoms with van der Waals surface area (Å²) in [7, 11) is 0. The van der Waals surface area contributed by atoms with E-state index >= 15 is 0 Å². The van der Waals surface area contributed by atoms with Crippen LogP contribution in [0.3, 0.4) is 0 Å². The highest BCUT2D eigenvalue weighted by Gasteiger charge is 2.39. The Morgan fingerprint density at radius 1 is 0.966 bits per heavy atom. The largest absolute Gasteiger partial charge is 0.380 e. The molecule has 5 heteroatoms. The van der Waals surface area contributed by atoms with Crippen molar-refractivity contribution in [1.82, 2.24) is 14.8 Å². The molecule has 1 saturated heterocycles. The maximum atomic E-state index is 13.2. The van der Waals surface area contributed by atoms with Crippen molar-refractivity contribution >= 4 is 16.8 Å². The molecule has 5 nitrogen and oxygen atoms in total. The van der Waals surface area contributed by atoms with Gasteiger partial charge in [-0.1, -0.05) is 42.5 Å². The Morgan fingerprint density at radius 2 is 1.83 bits per heavy atom. The lowest BCUT2D eigenvalue weighted by molar-refractivity contribution is 0.0381. The first-order valence-electron chi connectivity index (χ1n) is 10.4. The average molecular weight is 387 g/mol. The quantitative estimate of drug-likeness (QED) is 0.686. The van der Waals surface area contributed by atoms with Gasteiger partial charge in [-0.2, -0.15) is 0 Å². The van der Waals surface area contributed by atoms with E-state index in [1.165, 1.54) is 0 Å². The van der Waals surface area contributed by atoms with Crippen molar-refractivity contribution in [3.63, 3.8) is 0 Å². The van der Waals surface area contributed by atoms with E-state index < -0.39 is 0 Å². The maximum Gasteiger partial charge on any atom is 0.255 e. The highest BCUT2D eigenvalue weighted by atomic mass is 16.5. The van der Waals surface area contributed by atoms with Crippen LogP contribution in [0.25, 0.3) is 10.9 Å². The molecule has 148 valence electrons. The highest BCUT2D eigenvalue weighted by Crippen LogP contribution is 2.36. The predicted molar refractivity (Wildman–Crippen MR) is 113 cm³/mol. The molecule has 5 rings (SSSR count). The first-order chi connectivity index (χ1) is 14.3. The van der Waals surface area contributed by atoms with Crippen LogP contribution >= 0.6 is 0 Å². The molecule has 1 amide bonds. The minimum Gasteiger partial charge on any atom is -0.380 e. The molecule has 3 aromatic rings. The summed E-state index contributed by atoms with van der Waals surface area (Å²) in [4.78, 5) is 22.4. The molecular formula is C24H25N3O2. The van der Waals surface area contributed by atoms with Gasteiger partial charge in [-0.15, -0.1) is 0 Å². The van der Waals surface area contributed by atoms with Crippen LogP contribution < -0.4 is 0 Å². The van der Waals surface area contributed by atoms with Gasteiger partial charge in [0.05, 0.1) is 12.1 Å². The molecular weight excluding hydrogens is 362 g/mol. The molecule has 0 N–H and O–H groups in total. The molecule has 1 atom stereocenters. The van der Waals surface area contributed by atoms with Crippen LogP contribution in [0.2, 0.25) is 0 Å². The van der Waals surface area contributed by atoms with Gasteiger partial charge in [-0.25, -0.2) is 0 Å². The van der Waals surface area contributed by atoms with E-state index in [4.69, 9.17) is 9.72 Å². The zero-order chi connectivity index (χ0) is 19.6. The molecule has 0 bridgehead atoms. The summed E-state index contributed by atoms with van der Waals surface area (Å²) >= 11 is 0. The minimum atomic E-state index is -0.0131. The third-order valence-electron chi connectivity index (χ3n) is 5.89. The average Bonchev–Trinajstić information content (AvgIpc) is 2.92. The minimum absolute atomic E-state index is 0.0131. The Labute approximate surface area is 170 Å². The van der Waals surface area contributed by atoms with Crippen LogP contribution in [-0.2, 0) is 11.2 Å². The van der Waals surface area contributed by atoms with Crippen LogP contribution in [0.15, 0.2) is 60.7 Å². The first-order valence-corrected chi connectivity index (χ1v) is 10.4. The Balaban J connectivity index is 1.41. The van der Waals surface area contributed by atoms with E-state index in [-0.39, 0.29) is 12.1 Å². The smallest absolute Gasteiger partial charge is 0.255 e. The fourth-order valence-corrected chi connectivity index (χ4v) is 4.46. The number of fused-ring (bicyclic) bond motifs is 2. The summed E-state index contributed by atoms with van der Waals surface area (Å²) in [5.41, 5.74) is 3.97. The molecule has 1 unspecified atom stereocenters. The number of para-hydroxylation sites is 1.